The molecule has 2 saturated heterocycles. The Balaban J connectivity index is 1.63. The minimum absolute atomic E-state index is 0.168. The molecule has 21 heavy (non-hydrogen) atoms. The molecule has 2 aliphatic heterocycles. The Kier molecular flexibility index (Phi) is 5.19. The maximum atomic E-state index is 6.26. The van der Waals surface area contributed by atoms with Crippen molar-refractivity contribution in [2.75, 3.05) is 32.3 Å². The van der Waals surface area contributed by atoms with Crippen LogP contribution in [0.1, 0.15) is 51.4 Å². The van der Waals surface area contributed by atoms with Gasteiger partial charge in [-0.25, -0.2) is 0 Å². The van der Waals surface area contributed by atoms with E-state index in [1.807, 2.05) is 7.11 Å². The molecule has 0 amide bonds. The first-order valence-electron chi connectivity index (χ1n) is 8.65. The largest absolute Gasteiger partial charge is 0.378 e. The van der Waals surface area contributed by atoms with Crippen LogP contribution >= 0.6 is 11.8 Å². The molecule has 0 radical (unpaired) electrons. The number of nitrogens with one attached hydrogen (secondary N) is 1. The lowest BCUT2D eigenvalue weighted by molar-refractivity contribution is -0.121. The molecule has 3 aliphatic rings. The van der Waals surface area contributed by atoms with E-state index >= 15 is 0 Å². The van der Waals surface area contributed by atoms with Crippen LogP contribution in [0.15, 0.2) is 0 Å². The zero-order valence-corrected chi connectivity index (χ0v) is 14.5. The Morgan fingerprint density at radius 3 is 2.62 bits per heavy atom. The summed E-state index contributed by atoms with van der Waals surface area (Å²) in [6.45, 7) is 0.952. The Morgan fingerprint density at radius 2 is 2.05 bits per heavy atom. The quantitative estimate of drug-likeness (QED) is 0.844. The molecule has 3 fully saturated rings. The molecule has 4 heteroatoms. The normalized spacial score (nSPS) is 32.6. The van der Waals surface area contributed by atoms with Crippen molar-refractivity contribution in [1.29, 1.82) is 0 Å². The highest BCUT2D eigenvalue weighted by molar-refractivity contribution is 7.99. The molecule has 2 atom stereocenters. The van der Waals surface area contributed by atoms with Crippen LogP contribution in [0.3, 0.4) is 0 Å². The second kappa shape index (κ2) is 6.77. The van der Waals surface area contributed by atoms with Gasteiger partial charge in [-0.1, -0.05) is 0 Å². The first-order valence-corrected chi connectivity index (χ1v) is 9.81. The van der Waals surface area contributed by atoms with Gasteiger partial charge in [-0.15, -0.1) is 0 Å². The van der Waals surface area contributed by atoms with Gasteiger partial charge in [-0.3, -0.25) is 0 Å². The van der Waals surface area contributed by atoms with Gasteiger partial charge in [0, 0.05) is 19.8 Å². The van der Waals surface area contributed by atoms with Crippen LogP contribution in [0.5, 0.6) is 0 Å². The first-order chi connectivity index (χ1) is 10.2. The summed E-state index contributed by atoms with van der Waals surface area (Å²) in [6.07, 6.45) is 9.95. The number of methoxy groups -OCH3 is 1. The predicted octanol–water partition coefficient (Wildman–Crippen LogP) is 3.23. The molecule has 0 bridgehead atoms. The molecule has 1 N–H and O–H groups in total. The highest BCUT2D eigenvalue weighted by Crippen LogP contribution is 2.44. The van der Waals surface area contributed by atoms with Crippen LogP contribution in [0.25, 0.3) is 0 Å². The van der Waals surface area contributed by atoms with Gasteiger partial charge >= 0.3 is 0 Å². The van der Waals surface area contributed by atoms with E-state index in [0.717, 1.165) is 12.5 Å². The van der Waals surface area contributed by atoms with Crippen molar-refractivity contribution in [1.82, 2.24) is 5.32 Å². The van der Waals surface area contributed by atoms with E-state index in [1.165, 1.54) is 62.9 Å². The topological polar surface area (TPSA) is 30.5 Å². The summed E-state index contributed by atoms with van der Waals surface area (Å²) in [4.78, 5) is 0. The second-order valence-corrected chi connectivity index (χ2v) is 8.46. The van der Waals surface area contributed by atoms with Gasteiger partial charge in [-0.2, -0.15) is 11.8 Å². The predicted molar refractivity (Wildman–Crippen MR) is 89.0 cm³/mol. The van der Waals surface area contributed by atoms with Crippen molar-refractivity contribution in [3.05, 3.63) is 0 Å². The van der Waals surface area contributed by atoms with Gasteiger partial charge in [0.25, 0.3) is 0 Å². The van der Waals surface area contributed by atoms with E-state index in [9.17, 15) is 0 Å². The fraction of sp³-hybridized carbons (Fsp3) is 1.00. The molecule has 1 saturated carbocycles. The van der Waals surface area contributed by atoms with Crippen LogP contribution in [-0.4, -0.2) is 49.5 Å². The Labute approximate surface area is 133 Å². The van der Waals surface area contributed by atoms with Gasteiger partial charge in [0.15, 0.2) is 0 Å². The standard InChI is InChI=1S/C17H31NO2S/c1-18-15(13-16(19-2)5-3-6-16)14-4-9-20-17(12-14)7-10-21-11-8-17/h14-15,18H,3-13H2,1-2H3. The molecule has 2 heterocycles. The van der Waals surface area contributed by atoms with Crippen LogP contribution in [-0.2, 0) is 9.47 Å². The van der Waals surface area contributed by atoms with E-state index < -0.39 is 0 Å². The summed E-state index contributed by atoms with van der Waals surface area (Å²) < 4.78 is 12.1. The van der Waals surface area contributed by atoms with Crippen LogP contribution in [0, 0.1) is 5.92 Å². The van der Waals surface area contributed by atoms with Gasteiger partial charge in [0.2, 0.25) is 0 Å². The van der Waals surface area contributed by atoms with E-state index in [4.69, 9.17) is 9.47 Å². The molecular weight excluding hydrogens is 282 g/mol. The minimum atomic E-state index is 0.168. The summed E-state index contributed by atoms with van der Waals surface area (Å²) in [5.74, 6) is 3.30. The van der Waals surface area contributed by atoms with Gasteiger partial charge in [0.05, 0.1) is 11.2 Å². The highest BCUT2D eigenvalue weighted by Gasteiger charge is 2.44. The second-order valence-electron chi connectivity index (χ2n) is 7.24. The van der Waals surface area contributed by atoms with Gasteiger partial charge < -0.3 is 14.8 Å². The summed E-state index contributed by atoms with van der Waals surface area (Å²) >= 11 is 2.09. The lowest BCUT2D eigenvalue weighted by Crippen LogP contribution is -2.52. The van der Waals surface area contributed by atoms with Crippen LogP contribution in [0.4, 0.5) is 0 Å². The third-order valence-corrected chi connectivity index (χ3v) is 7.15. The van der Waals surface area contributed by atoms with Crippen molar-refractivity contribution >= 4 is 11.8 Å². The molecule has 1 spiro atoms. The van der Waals surface area contributed by atoms with Crippen molar-refractivity contribution in [2.45, 2.75) is 68.6 Å². The van der Waals surface area contributed by atoms with E-state index in [0.29, 0.717) is 6.04 Å². The fourth-order valence-electron chi connectivity index (χ4n) is 4.47. The number of ether oxygens (including phenoxy) is 2. The summed E-state index contributed by atoms with van der Waals surface area (Å²) in [7, 11) is 4.03. The Hall–Kier alpha value is 0.230. The fourth-order valence-corrected chi connectivity index (χ4v) is 5.71. The van der Waals surface area contributed by atoms with Gasteiger partial charge in [0.1, 0.15) is 0 Å². The average molecular weight is 314 g/mol. The maximum absolute atomic E-state index is 6.26. The van der Waals surface area contributed by atoms with E-state index in [2.05, 4.69) is 24.1 Å². The van der Waals surface area contributed by atoms with Crippen molar-refractivity contribution in [3.8, 4) is 0 Å². The zero-order chi connectivity index (χ0) is 14.8. The Bertz CT molecular complexity index is 329. The van der Waals surface area contributed by atoms with Crippen LogP contribution < -0.4 is 5.32 Å². The van der Waals surface area contributed by atoms with Crippen molar-refractivity contribution in [2.24, 2.45) is 5.92 Å². The zero-order valence-electron chi connectivity index (χ0n) is 13.7. The first kappa shape index (κ1) is 16.1. The molecule has 2 unspecified atom stereocenters. The summed E-state index contributed by atoms with van der Waals surface area (Å²) in [6, 6.07) is 0.584. The number of hydrogen-bond donors (Lipinski definition) is 1. The molecular formula is C17H31NO2S. The lowest BCUT2D eigenvalue weighted by atomic mass is 9.70. The monoisotopic (exact) mass is 313 g/mol. The van der Waals surface area contributed by atoms with E-state index in [-0.39, 0.29) is 11.2 Å². The van der Waals surface area contributed by atoms with Gasteiger partial charge in [-0.05, 0) is 75.8 Å². The summed E-state index contributed by atoms with van der Waals surface area (Å²) in [5, 5.41) is 3.61. The van der Waals surface area contributed by atoms with Crippen molar-refractivity contribution < 1.29 is 9.47 Å². The molecule has 1 aliphatic carbocycles. The SMILES string of the molecule is CNC(CC1(OC)CCC1)C1CCOC2(CCSCC2)C1. The summed E-state index contributed by atoms with van der Waals surface area (Å²) in [5.41, 5.74) is 0.366. The lowest BCUT2D eigenvalue weighted by Gasteiger charge is -2.48. The maximum Gasteiger partial charge on any atom is 0.0701 e. The number of hydrogen-bond acceptors (Lipinski definition) is 4. The smallest absolute Gasteiger partial charge is 0.0701 e. The highest BCUT2D eigenvalue weighted by atomic mass is 32.2. The third-order valence-electron chi connectivity index (χ3n) is 6.16. The average Bonchev–Trinajstić information content (AvgIpc) is 2.48. The van der Waals surface area contributed by atoms with E-state index in [1.54, 1.807) is 0 Å². The van der Waals surface area contributed by atoms with Crippen molar-refractivity contribution in [3.63, 3.8) is 0 Å². The molecule has 0 aromatic heterocycles. The molecule has 122 valence electrons. The third kappa shape index (κ3) is 3.44. The number of rotatable bonds is 5. The minimum Gasteiger partial charge on any atom is -0.378 e. The van der Waals surface area contributed by atoms with Crippen LogP contribution in [0.2, 0.25) is 0 Å². The molecule has 3 nitrogen and oxygen atoms in total. The molecule has 3 rings (SSSR count). The number of thioether (sulfide) groups is 1. The molecule has 0 aromatic rings. The molecule has 0 aromatic carbocycles. The Morgan fingerprint density at radius 1 is 1.29 bits per heavy atom.